The SMILES string of the molecule is CC(CCCl)CCN(C)CC1CCCOC1. The fourth-order valence-corrected chi connectivity index (χ4v) is 2.63. The fourth-order valence-electron chi connectivity index (χ4n) is 2.25. The molecule has 1 rings (SSSR count). The summed E-state index contributed by atoms with van der Waals surface area (Å²) in [6.45, 7) is 6.59. The van der Waals surface area contributed by atoms with E-state index >= 15 is 0 Å². The first-order valence-corrected chi connectivity index (χ1v) is 7.08. The summed E-state index contributed by atoms with van der Waals surface area (Å²) < 4.78 is 5.50. The standard InChI is InChI=1S/C13H26ClNO/c1-12(5-7-14)6-8-15(2)10-13-4-3-9-16-11-13/h12-13H,3-11H2,1-2H3. The molecule has 1 heterocycles. The second kappa shape index (κ2) is 8.32. The zero-order valence-electron chi connectivity index (χ0n) is 10.8. The Kier molecular flexibility index (Phi) is 7.42. The first-order chi connectivity index (χ1) is 7.72. The molecule has 0 aromatic carbocycles. The summed E-state index contributed by atoms with van der Waals surface area (Å²) in [6, 6.07) is 0. The average molecular weight is 248 g/mol. The molecule has 0 aromatic rings. The van der Waals surface area contributed by atoms with Crippen molar-refractivity contribution in [3.8, 4) is 0 Å². The van der Waals surface area contributed by atoms with Crippen LogP contribution in [0.2, 0.25) is 0 Å². The number of halogens is 1. The molecule has 0 aromatic heterocycles. The number of hydrogen-bond acceptors (Lipinski definition) is 2. The van der Waals surface area contributed by atoms with Gasteiger partial charge < -0.3 is 9.64 Å². The third-order valence-corrected chi connectivity index (χ3v) is 3.65. The minimum Gasteiger partial charge on any atom is -0.381 e. The Bertz CT molecular complexity index is 171. The smallest absolute Gasteiger partial charge is 0.0506 e. The molecule has 1 aliphatic rings. The van der Waals surface area contributed by atoms with E-state index in [1.807, 2.05) is 0 Å². The van der Waals surface area contributed by atoms with E-state index < -0.39 is 0 Å². The molecular formula is C13H26ClNO. The third-order valence-electron chi connectivity index (χ3n) is 3.43. The van der Waals surface area contributed by atoms with Crippen LogP contribution in [0, 0.1) is 11.8 Å². The van der Waals surface area contributed by atoms with Crippen LogP contribution < -0.4 is 0 Å². The number of ether oxygens (including phenoxy) is 1. The van der Waals surface area contributed by atoms with Crippen LogP contribution in [-0.4, -0.2) is 44.1 Å². The van der Waals surface area contributed by atoms with Crippen LogP contribution in [0.25, 0.3) is 0 Å². The van der Waals surface area contributed by atoms with Crippen LogP contribution in [0.1, 0.15) is 32.6 Å². The average Bonchev–Trinajstić information content (AvgIpc) is 2.28. The largest absolute Gasteiger partial charge is 0.381 e. The highest BCUT2D eigenvalue weighted by Gasteiger charge is 2.15. The molecule has 2 atom stereocenters. The summed E-state index contributed by atoms with van der Waals surface area (Å²) in [5, 5.41) is 0. The van der Waals surface area contributed by atoms with Crippen LogP contribution in [0.3, 0.4) is 0 Å². The topological polar surface area (TPSA) is 12.5 Å². The van der Waals surface area contributed by atoms with Gasteiger partial charge in [-0.05, 0) is 51.1 Å². The van der Waals surface area contributed by atoms with Crippen molar-refractivity contribution in [1.82, 2.24) is 4.90 Å². The van der Waals surface area contributed by atoms with Crippen molar-refractivity contribution < 1.29 is 4.74 Å². The van der Waals surface area contributed by atoms with E-state index in [1.54, 1.807) is 0 Å². The van der Waals surface area contributed by atoms with E-state index in [2.05, 4.69) is 18.9 Å². The first-order valence-electron chi connectivity index (χ1n) is 6.54. The monoisotopic (exact) mass is 247 g/mol. The van der Waals surface area contributed by atoms with Gasteiger partial charge in [-0.1, -0.05) is 6.92 Å². The lowest BCUT2D eigenvalue weighted by molar-refractivity contribution is 0.0415. The maximum Gasteiger partial charge on any atom is 0.0506 e. The summed E-state index contributed by atoms with van der Waals surface area (Å²) in [5.41, 5.74) is 0. The van der Waals surface area contributed by atoms with Gasteiger partial charge in [-0.2, -0.15) is 0 Å². The molecule has 3 heteroatoms. The maximum atomic E-state index is 5.74. The molecule has 96 valence electrons. The van der Waals surface area contributed by atoms with Crippen molar-refractivity contribution in [2.45, 2.75) is 32.6 Å². The van der Waals surface area contributed by atoms with Crippen molar-refractivity contribution in [2.75, 3.05) is 39.2 Å². The van der Waals surface area contributed by atoms with Gasteiger partial charge in [0.05, 0.1) is 6.61 Å². The van der Waals surface area contributed by atoms with Gasteiger partial charge in [-0.25, -0.2) is 0 Å². The Balaban J connectivity index is 2.07. The Hall–Kier alpha value is 0.210. The van der Waals surface area contributed by atoms with Crippen LogP contribution >= 0.6 is 11.6 Å². The van der Waals surface area contributed by atoms with E-state index in [1.165, 1.54) is 32.4 Å². The highest BCUT2D eigenvalue weighted by atomic mass is 35.5. The molecule has 1 saturated heterocycles. The van der Waals surface area contributed by atoms with Crippen molar-refractivity contribution in [3.05, 3.63) is 0 Å². The lowest BCUT2D eigenvalue weighted by Crippen LogP contribution is -2.32. The summed E-state index contributed by atoms with van der Waals surface area (Å²) in [5.74, 6) is 2.30. The maximum absolute atomic E-state index is 5.74. The molecule has 0 bridgehead atoms. The summed E-state index contributed by atoms with van der Waals surface area (Å²) in [4.78, 5) is 2.45. The van der Waals surface area contributed by atoms with Crippen LogP contribution in [0.15, 0.2) is 0 Å². The van der Waals surface area contributed by atoms with E-state index in [-0.39, 0.29) is 0 Å². The molecule has 0 N–H and O–H groups in total. The molecule has 0 radical (unpaired) electrons. The summed E-state index contributed by atoms with van der Waals surface area (Å²) in [6.07, 6.45) is 4.97. The predicted molar refractivity (Wildman–Crippen MR) is 70.2 cm³/mol. The van der Waals surface area contributed by atoms with Crippen molar-refractivity contribution >= 4 is 11.6 Å². The quantitative estimate of drug-likeness (QED) is 0.642. The Labute approximate surface area is 105 Å². The second-order valence-corrected chi connectivity index (χ2v) is 5.59. The highest BCUT2D eigenvalue weighted by molar-refractivity contribution is 6.17. The minimum absolute atomic E-state index is 0.752. The lowest BCUT2D eigenvalue weighted by Gasteiger charge is -2.27. The molecule has 0 spiro atoms. The first kappa shape index (κ1) is 14.3. The molecular weight excluding hydrogens is 222 g/mol. The molecule has 16 heavy (non-hydrogen) atoms. The second-order valence-electron chi connectivity index (χ2n) is 5.22. The molecule has 2 unspecified atom stereocenters. The molecule has 0 saturated carbocycles. The lowest BCUT2D eigenvalue weighted by atomic mass is 10.0. The normalized spacial score (nSPS) is 23.6. The van der Waals surface area contributed by atoms with Gasteiger partial charge >= 0.3 is 0 Å². The van der Waals surface area contributed by atoms with E-state index in [0.717, 1.165) is 37.4 Å². The zero-order valence-corrected chi connectivity index (χ0v) is 11.5. The van der Waals surface area contributed by atoms with Gasteiger partial charge in [-0.3, -0.25) is 0 Å². The van der Waals surface area contributed by atoms with Crippen molar-refractivity contribution in [3.63, 3.8) is 0 Å². The van der Waals surface area contributed by atoms with Crippen LogP contribution in [-0.2, 0) is 4.74 Å². The van der Waals surface area contributed by atoms with Gasteiger partial charge in [0.15, 0.2) is 0 Å². The predicted octanol–water partition coefficient (Wildman–Crippen LogP) is 3.00. The molecule has 2 nitrogen and oxygen atoms in total. The Morgan fingerprint density at radius 1 is 1.44 bits per heavy atom. The number of hydrogen-bond donors (Lipinski definition) is 0. The zero-order chi connectivity index (χ0) is 11.8. The Morgan fingerprint density at radius 3 is 2.88 bits per heavy atom. The Morgan fingerprint density at radius 2 is 2.25 bits per heavy atom. The van der Waals surface area contributed by atoms with Gasteiger partial charge in [0.1, 0.15) is 0 Å². The number of alkyl halides is 1. The molecule has 0 amide bonds. The molecule has 1 aliphatic heterocycles. The van der Waals surface area contributed by atoms with Gasteiger partial charge in [0.25, 0.3) is 0 Å². The van der Waals surface area contributed by atoms with Gasteiger partial charge in [0, 0.05) is 19.0 Å². The van der Waals surface area contributed by atoms with Gasteiger partial charge in [0.2, 0.25) is 0 Å². The number of nitrogens with zero attached hydrogens (tertiary/aromatic N) is 1. The third kappa shape index (κ3) is 6.07. The number of rotatable bonds is 7. The highest BCUT2D eigenvalue weighted by Crippen LogP contribution is 2.15. The minimum atomic E-state index is 0.752. The summed E-state index contributed by atoms with van der Waals surface area (Å²) >= 11 is 5.74. The van der Waals surface area contributed by atoms with Crippen molar-refractivity contribution in [1.29, 1.82) is 0 Å². The van der Waals surface area contributed by atoms with Gasteiger partial charge in [-0.15, -0.1) is 11.6 Å². The van der Waals surface area contributed by atoms with Crippen molar-refractivity contribution in [2.24, 2.45) is 11.8 Å². The fraction of sp³-hybridized carbons (Fsp3) is 1.00. The van der Waals surface area contributed by atoms with Crippen LogP contribution in [0.4, 0.5) is 0 Å². The molecule has 1 fully saturated rings. The molecule has 0 aliphatic carbocycles. The van der Waals surface area contributed by atoms with Crippen LogP contribution in [0.5, 0.6) is 0 Å². The van der Waals surface area contributed by atoms with E-state index in [9.17, 15) is 0 Å². The van der Waals surface area contributed by atoms with E-state index in [0.29, 0.717) is 0 Å². The summed E-state index contributed by atoms with van der Waals surface area (Å²) in [7, 11) is 2.22. The van der Waals surface area contributed by atoms with E-state index in [4.69, 9.17) is 16.3 Å².